The van der Waals surface area contributed by atoms with Gasteiger partial charge in [-0.2, -0.15) is 0 Å². The van der Waals surface area contributed by atoms with Gasteiger partial charge in [-0.25, -0.2) is 13.3 Å². The Morgan fingerprint density at radius 1 is 0.806 bits per heavy atom. The molecule has 1 N–H and O–H groups in total. The maximum absolute atomic E-state index is 12.8. The molecule has 2 amide bonds. The van der Waals surface area contributed by atoms with Crippen molar-refractivity contribution in [2.45, 2.75) is 4.90 Å². The number of sulfonamides is 1. The van der Waals surface area contributed by atoms with Gasteiger partial charge in [0.2, 0.25) is 0 Å². The molecule has 0 radical (unpaired) electrons. The molecule has 1 aliphatic rings. The molecule has 1 heterocycles. The number of hydrogen-bond donors (Lipinski definition) is 1. The first-order chi connectivity index (χ1) is 14.9. The number of nitrogens with zero attached hydrogens (tertiary/aromatic N) is 1. The van der Waals surface area contributed by atoms with Crippen molar-refractivity contribution in [2.75, 3.05) is 23.8 Å². The lowest BCUT2D eigenvalue weighted by atomic mass is 10.1. The van der Waals surface area contributed by atoms with Gasteiger partial charge < -0.3 is 9.47 Å². The van der Waals surface area contributed by atoms with Crippen molar-refractivity contribution in [2.24, 2.45) is 0 Å². The van der Waals surface area contributed by atoms with Gasteiger partial charge in [0.15, 0.2) is 0 Å². The van der Waals surface area contributed by atoms with Gasteiger partial charge in [0.05, 0.1) is 41.6 Å². The van der Waals surface area contributed by atoms with E-state index in [2.05, 4.69) is 4.72 Å². The first-order valence-electron chi connectivity index (χ1n) is 9.18. The molecule has 0 unspecified atom stereocenters. The average molecular weight is 438 g/mol. The van der Waals surface area contributed by atoms with Gasteiger partial charge in [-0.05, 0) is 48.5 Å². The summed E-state index contributed by atoms with van der Waals surface area (Å²) in [6.45, 7) is 0. The Morgan fingerprint density at radius 2 is 1.42 bits per heavy atom. The number of methoxy groups -OCH3 is 2. The summed E-state index contributed by atoms with van der Waals surface area (Å²) in [4.78, 5) is 26.2. The number of anilines is 2. The van der Waals surface area contributed by atoms with Crippen molar-refractivity contribution >= 4 is 33.2 Å². The van der Waals surface area contributed by atoms with Crippen molar-refractivity contribution in [1.29, 1.82) is 0 Å². The van der Waals surface area contributed by atoms with Gasteiger partial charge in [0.1, 0.15) is 11.5 Å². The summed E-state index contributed by atoms with van der Waals surface area (Å²) in [5.41, 5.74) is 1.16. The summed E-state index contributed by atoms with van der Waals surface area (Å²) in [6.07, 6.45) is 0. The second kappa shape index (κ2) is 7.77. The highest BCUT2D eigenvalue weighted by Crippen LogP contribution is 2.32. The monoisotopic (exact) mass is 438 g/mol. The molecular weight excluding hydrogens is 420 g/mol. The molecule has 0 aliphatic carbocycles. The predicted molar refractivity (Wildman–Crippen MR) is 114 cm³/mol. The van der Waals surface area contributed by atoms with E-state index in [9.17, 15) is 18.0 Å². The molecule has 0 saturated heterocycles. The highest BCUT2D eigenvalue weighted by atomic mass is 32.2. The number of hydrogen-bond acceptors (Lipinski definition) is 6. The maximum Gasteiger partial charge on any atom is 0.266 e. The predicted octanol–water partition coefficient (Wildman–Crippen LogP) is 3.31. The Kier molecular flexibility index (Phi) is 5.12. The van der Waals surface area contributed by atoms with Crippen LogP contribution in [-0.4, -0.2) is 34.5 Å². The molecule has 4 rings (SSSR count). The Bertz CT molecular complexity index is 1250. The number of amides is 2. The third-order valence-electron chi connectivity index (χ3n) is 4.85. The quantitative estimate of drug-likeness (QED) is 0.593. The molecule has 0 atom stereocenters. The highest BCUT2D eigenvalue weighted by Gasteiger charge is 2.36. The first kappa shape index (κ1) is 20.4. The van der Waals surface area contributed by atoms with Gasteiger partial charge >= 0.3 is 0 Å². The van der Waals surface area contributed by atoms with Crippen LogP contribution < -0.4 is 19.1 Å². The normalized spacial score (nSPS) is 13.2. The summed E-state index contributed by atoms with van der Waals surface area (Å²) in [5.74, 6) is -0.0785. The molecule has 0 bridgehead atoms. The van der Waals surface area contributed by atoms with Gasteiger partial charge in [-0.1, -0.05) is 12.1 Å². The standard InChI is InChI=1S/C22H18N2O6S/c1-29-15-9-12-19(20(13-15)30-2)23-31(27,28)16-10-7-14(8-11-16)24-21(25)17-5-3-4-6-18(17)22(24)26/h3-13,23H,1-2H3. The van der Waals surface area contributed by atoms with Crippen LogP contribution in [0.4, 0.5) is 11.4 Å². The molecule has 1 aliphatic heterocycles. The van der Waals surface area contributed by atoms with Gasteiger partial charge in [-0.3, -0.25) is 14.3 Å². The van der Waals surface area contributed by atoms with Crippen LogP contribution in [0, 0.1) is 0 Å². The number of carbonyl (C=O) groups is 2. The summed E-state index contributed by atoms with van der Waals surface area (Å²) < 4.78 is 38.4. The lowest BCUT2D eigenvalue weighted by Gasteiger charge is -2.15. The molecule has 0 saturated carbocycles. The van der Waals surface area contributed by atoms with Crippen molar-refractivity contribution in [1.82, 2.24) is 0 Å². The molecule has 8 nitrogen and oxygen atoms in total. The highest BCUT2D eigenvalue weighted by molar-refractivity contribution is 7.92. The number of ether oxygens (including phenoxy) is 2. The fourth-order valence-electron chi connectivity index (χ4n) is 3.28. The van der Waals surface area contributed by atoms with E-state index in [0.717, 1.165) is 4.90 Å². The lowest BCUT2D eigenvalue weighted by molar-refractivity contribution is 0.0926. The zero-order valence-corrected chi connectivity index (χ0v) is 17.5. The van der Waals surface area contributed by atoms with E-state index in [0.29, 0.717) is 22.6 Å². The molecular formula is C22H18N2O6S. The second-order valence-electron chi connectivity index (χ2n) is 6.66. The number of nitrogens with one attached hydrogen (secondary N) is 1. The molecule has 0 fully saturated rings. The van der Waals surface area contributed by atoms with Crippen molar-refractivity contribution in [3.63, 3.8) is 0 Å². The third-order valence-corrected chi connectivity index (χ3v) is 6.23. The Labute approximate surface area is 179 Å². The van der Waals surface area contributed by atoms with Crippen LogP contribution in [-0.2, 0) is 10.0 Å². The van der Waals surface area contributed by atoms with Crippen LogP contribution in [0.2, 0.25) is 0 Å². The summed E-state index contributed by atoms with van der Waals surface area (Å²) in [6, 6.07) is 16.7. The minimum atomic E-state index is -3.95. The smallest absolute Gasteiger partial charge is 0.266 e. The SMILES string of the molecule is COc1ccc(NS(=O)(=O)c2ccc(N3C(=O)c4ccccc4C3=O)cc2)c(OC)c1. The van der Waals surface area contributed by atoms with Crippen LogP contribution in [0.1, 0.15) is 20.7 Å². The first-order valence-corrected chi connectivity index (χ1v) is 10.7. The summed E-state index contributed by atoms with van der Waals surface area (Å²) in [7, 11) is -1.03. The van der Waals surface area contributed by atoms with Crippen LogP contribution in [0.3, 0.4) is 0 Å². The van der Waals surface area contributed by atoms with Crippen LogP contribution in [0.5, 0.6) is 11.5 Å². The Balaban J connectivity index is 1.60. The van der Waals surface area contributed by atoms with Crippen molar-refractivity contribution < 1.29 is 27.5 Å². The minimum Gasteiger partial charge on any atom is -0.497 e. The number of imide groups is 1. The topological polar surface area (TPSA) is 102 Å². The largest absolute Gasteiger partial charge is 0.497 e. The average Bonchev–Trinajstić information content (AvgIpc) is 3.04. The van der Waals surface area contributed by atoms with Gasteiger partial charge in [-0.15, -0.1) is 0 Å². The van der Waals surface area contributed by atoms with Crippen LogP contribution in [0.25, 0.3) is 0 Å². The zero-order valence-electron chi connectivity index (χ0n) is 16.7. The number of rotatable bonds is 6. The van der Waals surface area contributed by atoms with Crippen molar-refractivity contribution in [3.05, 3.63) is 77.9 Å². The van der Waals surface area contributed by atoms with E-state index in [1.165, 1.54) is 44.6 Å². The second-order valence-corrected chi connectivity index (χ2v) is 8.34. The molecule has 0 spiro atoms. The molecule has 3 aromatic carbocycles. The maximum atomic E-state index is 12.8. The minimum absolute atomic E-state index is 0.0364. The Hall–Kier alpha value is -3.85. The Morgan fingerprint density at radius 3 is 1.97 bits per heavy atom. The molecule has 31 heavy (non-hydrogen) atoms. The summed E-state index contributed by atoms with van der Waals surface area (Å²) in [5, 5.41) is 0. The van der Waals surface area contributed by atoms with E-state index in [1.54, 1.807) is 36.4 Å². The molecule has 0 aromatic heterocycles. The third kappa shape index (κ3) is 3.59. The van der Waals surface area contributed by atoms with Crippen LogP contribution in [0.15, 0.2) is 71.6 Å². The number of carbonyl (C=O) groups excluding carboxylic acids is 2. The van der Waals surface area contributed by atoms with Gasteiger partial charge in [0.25, 0.3) is 21.8 Å². The number of fused-ring (bicyclic) bond motifs is 1. The van der Waals surface area contributed by atoms with E-state index in [4.69, 9.17) is 9.47 Å². The molecule has 3 aromatic rings. The van der Waals surface area contributed by atoms with E-state index < -0.39 is 21.8 Å². The fourth-order valence-corrected chi connectivity index (χ4v) is 4.36. The van der Waals surface area contributed by atoms with Crippen molar-refractivity contribution in [3.8, 4) is 11.5 Å². The zero-order chi connectivity index (χ0) is 22.2. The lowest BCUT2D eigenvalue weighted by Crippen LogP contribution is -2.29. The molecule has 158 valence electrons. The van der Waals surface area contributed by atoms with E-state index in [-0.39, 0.29) is 16.3 Å². The van der Waals surface area contributed by atoms with E-state index in [1.807, 2.05) is 0 Å². The van der Waals surface area contributed by atoms with E-state index >= 15 is 0 Å². The fraction of sp³-hybridized carbons (Fsp3) is 0.0909. The summed E-state index contributed by atoms with van der Waals surface area (Å²) >= 11 is 0. The number of benzene rings is 3. The van der Waals surface area contributed by atoms with Gasteiger partial charge in [0, 0.05) is 6.07 Å². The molecule has 9 heteroatoms. The van der Waals surface area contributed by atoms with Crippen LogP contribution >= 0.6 is 0 Å².